The van der Waals surface area contributed by atoms with Gasteiger partial charge in [0.25, 0.3) is 11.7 Å². The molecule has 1 aromatic carbocycles. The van der Waals surface area contributed by atoms with Crippen LogP contribution in [-0.2, 0) is 4.79 Å². The molecule has 0 radical (unpaired) electrons. The number of nitrogens with zero attached hydrogens (tertiary/aromatic N) is 5. The van der Waals surface area contributed by atoms with Crippen LogP contribution in [0.3, 0.4) is 0 Å². The SMILES string of the molecule is Cc1cc(C)n2nc(C(=O)N3CCC(C(=O)Nc4ccc5c(c4)OCO5)CC3)nc2n1. The summed E-state index contributed by atoms with van der Waals surface area (Å²) < 4.78 is 12.2. The highest BCUT2D eigenvalue weighted by Gasteiger charge is 2.30. The number of rotatable bonds is 3. The zero-order chi connectivity index (χ0) is 21.5. The summed E-state index contributed by atoms with van der Waals surface area (Å²) in [4.78, 5) is 35.9. The first-order valence-corrected chi connectivity index (χ1v) is 10.2. The quantitative estimate of drug-likeness (QED) is 0.687. The van der Waals surface area contributed by atoms with Crippen LogP contribution in [0.1, 0.15) is 34.8 Å². The van der Waals surface area contributed by atoms with Crippen LogP contribution in [-0.4, -0.2) is 56.2 Å². The topological polar surface area (TPSA) is 111 Å². The van der Waals surface area contributed by atoms with Crippen molar-refractivity contribution in [3.8, 4) is 11.5 Å². The van der Waals surface area contributed by atoms with Crippen LogP contribution in [0.5, 0.6) is 11.5 Å². The molecule has 0 bridgehead atoms. The molecule has 1 N–H and O–H groups in total. The van der Waals surface area contributed by atoms with Gasteiger partial charge in [0.1, 0.15) is 0 Å². The molecule has 10 nitrogen and oxygen atoms in total. The van der Waals surface area contributed by atoms with Gasteiger partial charge in [0.2, 0.25) is 18.5 Å². The van der Waals surface area contributed by atoms with Gasteiger partial charge in [-0.2, -0.15) is 4.98 Å². The van der Waals surface area contributed by atoms with Crippen molar-refractivity contribution in [3.05, 3.63) is 41.5 Å². The number of fused-ring (bicyclic) bond motifs is 2. The zero-order valence-corrected chi connectivity index (χ0v) is 17.3. The van der Waals surface area contributed by atoms with Crippen molar-refractivity contribution in [3.63, 3.8) is 0 Å². The predicted octanol–water partition coefficient (Wildman–Crippen LogP) is 1.96. The number of aryl methyl sites for hydroxylation is 2. The molecule has 2 aliphatic heterocycles. The second-order valence-corrected chi connectivity index (χ2v) is 7.81. The number of benzene rings is 1. The Kier molecular flexibility index (Phi) is 4.68. The molecule has 2 amide bonds. The van der Waals surface area contributed by atoms with Gasteiger partial charge in [-0.05, 0) is 44.9 Å². The number of aromatic nitrogens is 4. The Morgan fingerprint density at radius 1 is 1.06 bits per heavy atom. The smallest absolute Gasteiger partial charge is 0.293 e. The van der Waals surface area contributed by atoms with Gasteiger partial charge >= 0.3 is 0 Å². The van der Waals surface area contributed by atoms with Crippen molar-refractivity contribution < 1.29 is 19.1 Å². The van der Waals surface area contributed by atoms with Crippen molar-refractivity contribution in [2.24, 2.45) is 5.92 Å². The molecule has 1 saturated heterocycles. The second kappa shape index (κ2) is 7.53. The Morgan fingerprint density at radius 3 is 2.65 bits per heavy atom. The van der Waals surface area contributed by atoms with Crippen molar-refractivity contribution in [2.45, 2.75) is 26.7 Å². The molecule has 160 valence electrons. The molecular weight excluding hydrogens is 400 g/mol. The number of anilines is 1. The maximum atomic E-state index is 12.9. The van der Waals surface area contributed by atoms with E-state index in [0.29, 0.717) is 48.9 Å². The van der Waals surface area contributed by atoms with Crippen LogP contribution in [0.2, 0.25) is 0 Å². The van der Waals surface area contributed by atoms with Gasteiger partial charge in [-0.3, -0.25) is 9.59 Å². The Balaban J connectivity index is 1.21. The van der Waals surface area contributed by atoms with Gasteiger partial charge in [0.05, 0.1) is 0 Å². The molecule has 31 heavy (non-hydrogen) atoms. The second-order valence-electron chi connectivity index (χ2n) is 7.81. The van der Waals surface area contributed by atoms with Gasteiger partial charge in [0, 0.05) is 42.1 Å². The van der Waals surface area contributed by atoms with Crippen LogP contribution in [0.15, 0.2) is 24.3 Å². The summed E-state index contributed by atoms with van der Waals surface area (Å²) >= 11 is 0. The molecular formula is C21H22N6O4. The highest BCUT2D eigenvalue weighted by Crippen LogP contribution is 2.34. The molecule has 10 heteroatoms. The number of carbonyl (C=O) groups is 2. The predicted molar refractivity (Wildman–Crippen MR) is 110 cm³/mol. The monoisotopic (exact) mass is 422 g/mol. The standard InChI is InChI=1S/C21H22N6O4/c1-12-9-13(2)27-21(22-12)24-18(25-27)20(29)26-7-5-14(6-8-26)19(28)23-15-3-4-16-17(10-15)31-11-30-16/h3-4,9-10,14H,5-8,11H2,1-2H3,(H,23,28). The van der Waals surface area contributed by atoms with Crippen molar-refractivity contribution in [1.82, 2.24) is 24.5 Å². The molecule has 0 atom stereocenters. The number of carbonyl (C=O) groups excluding carboxylic acids is 2. The van der Waals surface area contributed by atoms with E-state index in [1.165, 1.54) is 0 Å². The maximum absolute atomic E-state index is 12.9. The van der Waals surface area contributed by atoms with E-state index in [1.807, 2.05) is 19.9 Å². The number of nitrogens with one attached hydrogen (secondary N) is 1. The van der Waals surface area contributed by atoms with E-state index in [-0.39, 0.29) is 30.3 Å². The average Bonchev–Trinajstić information content (AvgIpc) is 3.40. The Hall–Kier alpha value is -3.69. The molecule has 4 heterocycles. The summed E-state index contributed by atoms with van der Waals surface area (Å²) in [5.74, 6) is 1.37. The van der Waals surface area contributed by atoms with Crippen molar-refractivity contribution >= 4 is 23.3 Å². The van der Waals surface area contributed by atoms with Gasteiger partial charge < -0.3 is 19.7 Å². The largest absolute Gasteiger partial charge is 0.454 e. The lowest BCUT2D eigenvalue weighted by Gasteiger charge is -2.30. The molecule has 0 aliphatic carbocycles. The summed E-state index contributed by atoms with van der Waals surface area (Å²) in [6.07, 6.45) is 1.15. The molecule has 0 spiro atoms. The highest BCUT2D eigenvalue weighted by atomic mass is 16.7. The highest BCUT2D eigenvalue weighted by molar-refractivity contribution is 5.94. The van der Waals surface area contributed by atoms with E-state index in [2.05, 4.69) is 20.4 Å². The molecule has 3 aromatic rings. The summed E-state index contributed by atoms with van der Waals surface area (Å²) in [6, 6.07) is 7.21. The van der Waals surface area contributed by atoms with Crippen LogP contribution in [0.4, 0.5) is 5.69 Å². The fourth-order valence-corrected chi connectivity index (χ4v) is 3.96. The normalized spacial score (nSPS) is 16.0. The summed E-state index contributed by atoms with van der Waals surface area (Å²) in [6.45, 7) is 4.91. The van der Waals surface area contributed by atoms with Gasteiger partial charge in [-0.1, -0.05) is 0 Å². The molecule has 2 aromatic heterocycles. The zero-order valence-electron chi connectivity index (χ0n) is 17.3. The minimum atomic E-state index is -0.239. The number of amides is 2. The van der Waals surface area contributed by atoms with E-state index in [1.54, 1.807) is 27.6 Å². The first kappa shape index (κ1) is 19.3. The van der Waals surface area contributed by atoms with E-state index < -0.39 is 0 Å². The minimum absolute atomic E-state index is 0.0629. The summed E-state index contributed by atoms with van der Waals surface area (Å²) in [7, 11) is 0. The fraction of sp³-hybridized carbons (Fsp3) is 0.381. The third-order valence-electron chi connectivity index (χ3n) is 5.60. The van der Waals surface area contributed by atoms with E-state index in [9.17, 15) is 9.59 Å². The van der Waals surface area contributed by atoms with Crippen molar-refractivity contribution in [1.29, 1.82) is 0 Å². The van der Waals surface area contributed by atoms with Crippen LogP contribution in [0, 0.1) is 19.8 Å². The lowest BCUT2D eigenvalue weighted by atomic mass is 9.95. The summed E-state index contributed by atoms with van der Waals surface area (Å²) in [5.41, 5.74) is 2.36. The van der Waals surface area contributed by atoms with Gasteiger partial charge in [-0.25, -0.2) is 9.50 Å². The van der Waals surface area contributed by atoms with Crippen LogP contribution < -0.4 is 14.8 Å². The minimum Gasteiger partial charge on any atom is -0.454 e. The Morgan fingerprint density at radius 2 is 1.84 bits per heavy atom. The first-order valence-electron chi connectivity index (χ1n) is 10.2. The third kappa shape index (κ3) is 3.65. The number of likely N-dealkylation sites (tertiary alicyclic amines) is 1. The molecule has 1 fully saturated rings. The summed E-state index contributed by atoms with van der Waals surface area (Å²) in [5, 5.41) is 7.25. The fourth-order valence-electron chi connectivity index (χ4n) is 3.96. The van der Waals surface area contributed by atoms with E-state index >= 15 is 0 Å². The Labute approximate surface area is 178 Å². The molecule has 5 rings (SSSR count). The van der Waals surface area contributed by atoms with Gasteiger partial charge in [-0.15, -0.1) is 5.10 Å². The molecule has 2 aliphatic rings. The number of ether oxygens (including phenoxy) is 2. The molecule has 0 saturated carbocycles. The first-order chi connectivity index (χ1) is 15.0. The third-order valence-corrected chi connectivity index (χ3v) is 5.60. The average molecular weight is 422 g/mol. The van der Waals surface area contributed by atoms with Crippen LogP contribution in [0.25, 0.3) is 5.78 Å². The van der Waals surface area contributed by atoms with Gasteiger partial charge in [0.15, 0.2) is 11.5 Å². The Bertz CT molecular complexity index is 1180. The van der Waals surface area contributed by atoms with Crippen LogP contribution >= 0.6 is 0 Å². The maximum Gasteiger partial charge on any atom is 0.293 e. The van der Waals surface area contributed by atoms with E-state index in [4.69, 9.17) is 9.47 Å². The number of hydrogen-bond acceptors (Lipinski definition) is 7. The lowest BCUT2D eigenvalue weighted by molar-refractivity contribution is -0.121. The molecule has 0 unspecified atom stereocenters. The van der Waals surface area contributed by atoms with Crippen molar-refractivity contribution in [2.75, 3.05) is 25.2 Å². The van der Waals surface area contributed by atoms with E-state index in [0.717, 1.165) is 11.4 Å². The number of hydrogen-bond donors (Lipinski definition) is 1. The lowest BCUT2D eigenvalue weighted by Crippen LogP contribution is -2.41. The number of piperidine rings is 1.